The predicted molar refractivity (Wildman–Crippen MR) is 134 cm³/mol. The monoisotopic (exact) mass is 511 g/mol. The van der Waals surface area contributed by atoms with E-state index in [1.165, 1.54) is 5.56 Å². The van der Waals surface area contributed by atoms with Gasteiger partial charge in [-0.1, -0.05) is 61.0 Å². The van der Waals surface area contributed by atoms with Crippen molar-refractivity contribution < 1.29 is 12.8 Å². The molecule has 0 bridgehead atoms. The third-order valence-corrected chi connectivity index (χ3v) is 8.56. The van der Waals surface area contributed by atoms with Crippen molar-refractivity contribution in [1.82, 2.24) is 0 Å². The molecule has 32 heavy (non-hydrogen) atoms. The highest BCUT2D eigenvalue weighted by atomic mass is 79.9. The van der Waals surface area contributed by atoms with Gasteiger partial charge in [0.2, 0.25) is 0 Å². The van der Waals surface area contributed by atoms with Crippen LogP contribution in [0.25, 0.3) is 21.7 Å². The Hall–Kier alpha value is -2.31. The van der Waals surface area contributed by atoms with E-state index < -0.39 is 10.0 Å². The summed E-state index contributed by atoms with van der Waals surface area (Å²) in [6, 6.07) is 16.4. The molecular weight excluding hydrogens is 486 g/mol. The second-order valence-electron chi connectivity index (χ2n) is 9.72. The van der Waals surface area contributed by atoms with Gasteiger partial charge in [-0.15, -0.1) is 0 Å². The molecule has 0 amide bonds. The minimum atomic E-state index is -3.73. The van der Waals surface area contributed by atoms with Gasteiger partial charge in [0.1, 0.15) is 11.3 Å². The van der Waals surface area contributed by atoms with Crippen LogP contribution < -0.4 is 4.72 Å². The maximum Gasteiger partial charge on any atom is 0.261 e. The van der Waals surface area contributed by atoms with Crippen molar-refractivity contribution in [2.24, 2.45) is 11.3 Å². The maximum atomic E-state index is 13.2. The van der Waals surface area contributed by atoms with Gasteiger partial charge in [-0.25, -0.2) is 8.42 Å². The molecular formula is C26H26BrNO3S. The lowest BCUT2D eigenvalue weighted by molar-refractivity contribution is 0.210. The molecule has 1 aliphatic carbocycles. The summed E-state index contributed by atoms with van der Waals surface area (Å²) in [5.74, 6) is 1.60. The fourth-order valence-corrected chi connectivity index (χ4v) is 6.07. The molecule has 5 rings (SSSR count). The second-order valence-corrected chi connectivity index (χ2v) is 12.3. The van der Waals surface area contributed by atoms with Crippen LogP contribution in [0.4, 0.5) is 5.69 Å². The Morgan fingerprint density at radius 2 is 1.69 bits per heavy atom. The first-order valence-corrected chi connectivity index (χ1v) is 13.2. The predicted octanol–water partition coefficient (Wildman–Crippen LogP) is 7.30. The number of hydrogen-bond acceptors (Lipinski definition) is 3. The molecule has 1 N–H and O–H groups in total. The number of sulfonamides is 1. The van der Waals surface area contributed by atoms with Gasteiger partial charge in [-0.05, 0) is 54.5 Å². The molecule has 0 saturated heterocycles. The molecule has 4 nitrogen and oxygen atoms in total. The van der Waals surface area contributed by atoms with Crippen LogP contribution >= 0.6 is 15.9 Å². The minimum absolute atomic E-state index is 0.212. The van der Waals surface area contributed by atoms with Crippen LogP contribution in [0.1, 0.15) is 38.5 Å². The lowest BCUT2D eigenvalue weighted by Gasteiger charge is -2.33. The van der Waals surface area contributed by atoms with E-state index in [0.29, 0.717) is 11.6 Å². The number of anilines is 1. The smallest absolute Gasteiger partial charge is 0.261 e. The van der Waals surface area contributed by atoms with Crippen LogP contribution in [0.2, 0.25) is 0 Å². The van der Waals surface area contributed by atoms with E-state index in [1.807, 2.05) is 30.3 Å². The van der Waals surface area contributed by atoms with Crippen LogP contribution in [0, 0.1) is 11.3 Å². The summed E-state index contributed by atoms with van der Waals surface area (Å²) in [6.07, 6.45) is 2.97. The van der Waals surface area contributed by atoms with Gasteiger partial charge >= 0.3 is 0 Å². The Balaban J connectivity index is 1.67. The van der Waals surface area contributed by atoms with Crippen LogP contribution in [0.5, 0.6) is 0 Å². The molecule has 0 radical (unpaired) electrons. The SMILES string of the molecule is CC(C)(C)[C@@H]1CCc2oc3c(cc(NS(=O)(=O)c4ccc(Br)cc4)c4ccccc43)c2C1. The molecule has 1 aromatic heterocycles. The lowest BCUT2D eigenvalue weighted by atomic mass is 9.71. The zero-order chi connectivity index (χ0) is 22.7. The van der Waals surface area contributed by atoms with Crippen molar-refractivity contribution in [3.8, 4) is 0 Å². The Kier molecular flexibility index (Phi) is 5.13. The molecule has 4 aromatic rings. The van der Waals surface area contributed by atoms with E-state index in [9.17, 15) is 8.42 Å². The molecule has 0 aliphatic heterocycles. The average Bonchev–Trinajstić information content (AvgIpc) is 3.11. The van der Waals surface area contributed by atoms with Crippen molar-refractivity contribution >= 4 is 53.4 Å². The number of aryl methyl sites for hydroxylation is 1. The highest BCUT2D eigenvalue weighted by Gasteiger charge is 2.32. The molecule has 0 saturated carbocycles. The Morgan fingerprint density at radius 3 is 2.38 bits per heavy atom. The largest absolute Gasteiger partial charge is 0.460 e. The highest BCUT2D eigenvalue weighted by molar-refractivity contribution is 9.10. The van der Waals surface area contributed by atoms with Crippen LogP contribution in [-0.2, 0) is 22.9 Å². The van der Waals surface area contributed by atoms with Crippen molar-refractivity contribution in [3.05, 3.63) is 70.4 Å². The van der Waals surface area contributed by atoms with Gasteiger partial charge in [-0.2, -0.15) is 0 Å². The molecule has 3 aromatic carbocycles. The van der Waals surface area contributed by atoms with Gasteiger partial charge in [0.15, 0.2) is 0 Å². The fourth-order valence-electron chi connectivity index (χ4n) is 4.74. The fraction of sp³-hybridized carbons (Fsp3) is 0.308. The summed E-state index contributed by atoms with van der Waals surface area (Å²) < 4.78 is 36.3. The Bertz CT molecular complexity index is 1430. The molecule has 6 heteroatoms. The van der Waals surface area contributed by atoms with Crippen LogP contribution in [0.3, 0.4) is 0 Å². The van der Waals surface area contributed by atoms with E-state index in [4.69, 9.17) is 4.42 Å². The summed E-state index contributed by atoms with van der Waals surface area (Å²) in [5, 5.41) is 2.78. The topological polar surface area (TPSA) is 59.3 Å². The number of halogens is 1. The highest BCUT2D eigenvalue weighted by Crippen LogP contribution is 2.44. The number of benzene rings is 3. The number of fused-ring (bicyclic) bond motifs is 5. The molecule has 0 fully saturated rings. The van der Waals surface area contributed by atoms with Gasteiger partial charge in [0, 0.05) is 32.6 Å². The second kappa shape index (κ2) is 7.63. The van der Waals surface area contributed by atoms with E-state index in [1.54, 1.807) is 24.3 Å². The zero-order valence-corrected chi connectivity index (χ0v) is 20.8. The molecule has 0 spiro atoms. The van der Waals surface area contributed by atoms with E-state index >= 15 is 0 Å². The van der Waals surface area contributed by atoms with Crippen molar-refractivity contribution in [1.29, 1.82) is 0 Å². The van der Waals surface area contributed by atoms with Crippen LogP contribution in [-0.4, -0.2) is 8.42 Å². The molecule has 1 atom stereocenters. The molecule has 0 unspecified atom stereocenters. The average molecular weight is 512 g/mol. The first-order valence-electron chi connectivity index (χ1n) is 10.9. The summed E-state index contributed by atoms with van der Waals surface area (Å²) in [7, 11) is -3.73. The van der Waals surface area contributed by atoms with E-state index in [0.717, 1.165) is 51.2 Å². The standard InChI is InChI=1S/C26H26BrNO3S/c1-26(2,3)16-8-13-24-21(14-16)22-15-23(19-6-4-5-7-20(19)25(22)31-24)28-32(29,30)18-11-9-17(27)10-12-18/h4-7,9-12,15-16,28H,8,13-14H2,1-3H3/t16-/m1/s1. The summed E-state index contributed by atoms with van der Waals surface area (Å²) in [4.78, 5) is 0.229. The van der Waals surface area contributed by atoms with Crippen molar-refractivity contribution in [3.63, 3.8) is 0 Å². The lowest BCUT2D eigenvalue weighted by Crippen LogP contribution is -2.26. The first kappa shape index (κ1) is 21.5. The number of hydrogen-bond donors (Lipinski definition) is 1. The number of rotatable bonds is 3. The van der Waals surface area contributed by atoms with Crippen LogP contribution in [0.15, 0.2) is 68.4 Å². The van der Waals surface area contributed by atoms with E-state index in [-0.39, 0.29) is 10.3 Å². The number of nitrogens with one attached hydrogen (secondary N) is 1. The summed E-state index contributed by atoms with van der Waals surface area (Å²) in [5.41, 5.74) is 2.87. The van der Waals surface area contributed by atoms with Crippen molar-refractivity contribution in [2.45, 2.75) is 44.9 Å². The first-order chi connectivity index (χ1) is 15.1. The minimum Gasteiger partial charge on any atom is -0.460 e. The quantitative estimate of drug-likeness (QED) is 0.313. The van der Waals surface area contributed by atoms with Crippen molar-refractivity contribution in [2.75, 3.05) is 4.72 Å². The number of furan rings is 1. The molecule has 1 aliphatic rings. The maximum absolute atomic E-state index is 13.2. The van der Waals surface area contributed by atoms with Gasteiger partial charge in [0.25, 0.3) is 10.0 Å². The third-order valence-electron chi connectivity index (χ3n) is 6.65. The van der Waals surface area contributed by atoms with E-state index in [2.05, 4.69) is 41.4 Å². The Morgan fingerprint density at radius 1 is 1.00 bits per heavy atom. The normalized spacial score (nSPS) is 16.9. The summed E-state index contributed by atoms with van der Waals surface area (Å²) in [6.45, 7) is 6.87. The van der Waals surface area contributed by atoms with Gasteiger partial charge < -0.3 is 4.42 Å². The summed E-state index contributed by atoms with van der Waals surface area (Å²) >= 11 is 3.36. The van der Waals surface area contributed by atoms with Gasteiger partial charge in [-0.3, -0.25) is 4.72 Å². The van der Waals surface area contributed by atoms with Gasteiger partial charge in [0.05, 0.1) is 10.6 Å². The molecule has 166 valence electrons. The Labute approximate surface area is 197 Å². The zero-order valence-electron chi connectivity index (χ0n) is 18.4. The molecule has 1 heterocycles. The third kappa shape index (κ3) is 3.73.